The van der Waals surface area contributed by atoms with Crippen LogP contribution in [0.15, 0.2) is 78.2 Å². The van der Waals surface area contributed by atoms with E-state index < -0.39 is 11.8 Å². The third kappa shape index (κ3) is 6.45. The summed E-state index contributed by atoms with van der Waals surface area (Å²) >= 11 is 1.31. The van der Waals surface area contributed by atoms with E-state index in [1.54, 1.807) is 66.0 Å². The highest BCUT2D eigenvalue weighted by Crippen LogP contribution is 2.39. The summed E-state index contributed by atoms with van der Waals surface area (Å²) in [5.41, 5.74) is 8.59. The van der Waals surface area contributed by atoms with Gasteiger partial charge in [0.05, 0.1) is 32.7 Å². The second-order valence-electron chi connectivity index (χ2n) is 8.26. The highest BCUT2D eigenvalue weighted by Gasteiger charge is 2.20. The number of aromatic nitrogens is 1. The molecule has 0 saturated carbocycles. The predicted octanol–water partition coefficient (Wildman–Crippen LogP) is 4.78. The van der Waals surface area contributed by atoms with Gasteiger partial charge in [-0.25, -0.2) is 4.98 Å². The number of amides is 2. The van der Waals surface area contributed by atoms with Crippen molar-refractivity contribution in [2.75, 3.05) is 37.7 Å². The van der Waals surface area contributed by atoms with Crippen molar-refractivity contribution in [3.8, 4) is 27.8 Å². The molecule has 0 aliphatic carbocycles. The van der Waals surface area contributed by atoms with E-state index in [2.05, 4.69) is 15.6 Å². The molecule has 0 aliphatic heterocycles. The molecular weight excluding hydrogens is 532 g/mol. The molecule has 0 unspecified atom stereocenters. The molecule has 0 atom stereocenters. The normalized spacial score (nSPS) is 10.7. The van der Waals surface area contributed by atoms with Gasteiger partial charge in [-0.15, -0.1) is 11.3 Å². The monoisotopic (exact) mass is 558 g/mol. The van der Waals surface area contributed by atoms with Crippen molar-refractivity contribution in [2.24, 2.45) is 0 Å². The molecular formula is C29H26N4O6S. The Morgan fingerprint density at radius 3 is 2.08 bits per heavy atom. The maximum Gasteiger partial charge on any atom is 0.248 e. The molecule has 3 aromatic carbocycles. The lowest BCUT2D eigenvalue weighted by Gasteiger charge is -2.13. The number of nitrogens with one attached hydrogen (secondary N) is 2. The van der Waals surface area contributed by atoms with Crippen molar-refractivity contribution >= 4 is 46.0 Å². The third-order valence-corrected chi connectivity index (χ3v) is 6.56. The van der Waals surface area contributed by atoms with Crippen molar-refractivity contribution in [3.05, 3.63) is 89.5 Å². The van der Waals surface area contributed by atoms with E-state index in [1.165, 1.54) is 32.7 Å². The molecule has 0 fully saturated rings. The van der Waals surface area contributed by atoms with Crippen molar-refractivity contribution in [1.82, 2.24) is 4.98 Å². The first-order valence-electron chi connectivity index (χ1n) is 11.9. The number of hydrogen-bond acceptors (Lipinski definition) is 9. The van der Waals surface area contributed by atoms with Crippen molar-refractivity contribution in [1.29, 1.82) is 0 Å². The van der Waals surface area contributed by atoms with E-state index in [9.17, 15) is 14.4 Å². The Kier molecular flexibility index (Phi) is 8.77. The molecule has 1 heterocycles. The summed E-state index contributed by atoms with van der Waals surface area (Å²) in [4.78, 5) is 42.0. The number of nitrogens with two attached hydrogens (primary N) is 1. The fourth-order valence-corrected chi connectivity index (χ4v) is 4.49. The van der Waals surface area contributed by atoms with Crippen LogP contribution in [0.1, 0.15) is 16.1 Å². The third-order valence-electron chi connectivity index (χ3n) is 5.67. The average molecular weight is 559 g/mol. The number of thiazole rings is 1. The Morgan fingerprint density at radius 1 is 0.850 bits per heavy atom. The van der Waals surface area contributed by atoms with Crippen LogP contribution in [0.3, 0.4) is 0 Å². The number of rotatable bonds is 10. The van der Waals surface area contributed by atoms with E-state index in [0.717, 1.165) is 17.7 Å². The van der Waals surface area contributed by atoms with Gasteiger partial charge in [0, 0.05) is 34.3 Å². The molecule has 40 heavy (non-hydrogen) atoms. The van der Waals surface area contributed by atoms with Gasteiger partial charge < -0.3 is 30.6 Å². The molecule has 10 nitrogen and oxygen atoms in total. The fourth-order valence-electron chi connectivity index (χ4n) is 3.69. The summed E-state index contributed by atoms with van der Waals surface area (Å²) in [5.74, 6) is -0.120. The largest absolute Gasteiger partial charge is 0.493 e. The van der Waals surface area contributed by atoms with Gasteiger partial charge in [-0.2, -0.15) is 0 Å². The SMILES string of the molecule is COc1cc(C(=O)c2csc(-c3ccc(NC(=O)/C=C/C(=O)Nc4ccccc4N)cc3)n2)cc(OC)c1OC. The van der Waals surface area contributed by atoms with Crippen molar-refractivity contribution < 1.29 is 28.6 Å². The molecule has 4 N–H and O–H groups in total. The van der Waals surface area contributed by atoms with E-state index in [1.807, 2.05) is 0 Å². The van der Waals surface area contributed by atoms with Crippen LogP contribution in [-0.2, 0) is 9.59 Å². The van der Waals surface area contributed by atoms with E-state index in [-0.39, 0.29) is 11.5 Å². The number of carbonyl (C=O) groups excluding carboxylic acids is 3. The topological polar surface area (TPSA) is 142 Å². The molecule has 0 saturated heterocycles. The summed E-state index contributed by atoms with van der Waals surface area (Å²) in [6.45, 7) is 0. The zero-order valence-electron chi connectivity index (χ0n) is 21.9. The van der Waals surface area contributed by atoms with Crippen LogP contribution in [0.25, 0.3) is 10.6 Å². The van der Waals surface area contributed by atoms with E-state index in [4.69, 9.17) is 19.9 Å². The van der Waals surface area contributed by atoms with Gasteiger partial charge in [-0.3, -0.25) is 14.4 Å². The minimum atomic E-state index is -0.482. The van der Waals surface area contributed by atoms with Crippen LogP contribution in [0, 0.1) is 0 Å². The zero-order valence-corrected chi connectivity index (χ0v) is 22.7. The van der Waals surface area contributed by atoms with Crippen LogP contribution in [-0.4, -0.2) is 43.9 Å². The van der Waals surface area contributed by atoms with Gasteiger partial charge in [0.2, 0.25) is 23.3 Å². The van der Waals surface area contributed by atoms with Crippen LogP contribution < -0.4 is 30.6 Å². The minimum absolute atomic E-state index is 0.271. The molecule has 204 valence electrons. The first kappa shape index (κ1) is 27.9. The summed E-state index contributed by atoms with van der Waals surface area (Å²) in [6.07, 6.45) is 2.25. The van der Waals surface area contributed by atoms with Crippen LogP contribution in [0.4, 0.5) is 17.1 Å². The van der Waals surface area contributed by atoms with Crippen molar-refractivity contribution in [2.45, 2.75) is 0 Å². The molecule has 1 aromatic heterocycles. The van der Waals surface area contributed by atoms with Gasteiger partial charge >= 0.3 is 0 Å². The number of methoxy groups -OCH3 is 3. The number of benzene rings is 3. The highest BCUT2D eigenvalue weighted by molar-refractivity contribution is 7.13. The maximum atomic E-state index is 13.1. The fraction of sp³-hybridized carbons (Fsp3) is 0.103. The summed E-state index contributed by atoms with van der Waals surface area (Å²) in [7, 11) is 4.45. The first-order valence-corrected chi connectivity index (χ1v) is 12.8. The Labute approximate surface area is 234 Å². The summed E-state index contributed by atoms with van der Waals surface area (Å²) in [5, 5.41) is 7.61. The second-order valence-corrected chi connectivity index (χ2v) is 9.12. The number of ether oxygens (including phenoxy) is 3. The maximum absolute atomic E-state index is 13.1. The molecule has 0 spiro atoms. The second kappa shape index (κ2) is 12.6. The lowest BCUT2D eigenvalue weighted by atomic mass is 10.1. The van der Waals surface area contributed by atoms with E-state index >= 15 is 0 Å². The molecule has 2 amide bonds. The van der Waals surface area contributed by atoms with Gasteiger partial charge in [-0.05, 0) is 48.5 Å². The Balaban J connectivity index is 1.40. The molecule has 0 aliphatic rings. The predicted molar refractivity (Wildman–Crippen MR) is 154 cm³/mol. The van der Waals surface area contributed by atoms with Crippen LogP contribution in [0.2, 0.25) is 0 Å². The first-order chi connectivity index (χ1) is 19.3. The number of hydrogen-bond donors (Lipinski definition) is 3. The zero-order chi connectivity index (χ0) is 28.6. The van der Waals surface area contributed by atoms with Gasteiger partial charge in [0.25, 0.3) is 0 Å². The minimum Gasteiger partial charge on any atom is -0.493 e. The van der Waals surface area contributed by atoms with Gasteiger partial charge in [0.15, 0.2) is 11.5 Å². The number of anilines is 3. The Hall–Kier alpha value is -5.16. The quantitative estimate of drug-likeness (QED) is 0.143. The number of ketones is 1. The molecule has 11 heteroatoms. The Morgan fingerprint density at radius 2 is 1.48 bits per heavy atom. The lowest BCUT2D eigenvalue weighted by Crippen LogP contribution is -2.12. The number of carbonyl (C=O) groups is 3. The van der Waals surface area contributed by atoms with Crippen molar-refractivity contribution in [3.63, 3.8) is 0 Å². The number of nitrogen functional groups attached to an aromatic ring is 1. The standard InChI is InChI=1S/C29H26N4O6S/c1-37-23-14-18(15-24(38-2)28(23)39-3)27(36)22-16-40-29(33-22)17-8-10-19(11-9-17)31-25(34)12-13-26(35)32-21-7-5-4-6-20(21)30/h4-16H,30H2,1-3H3,(H,31,34)(H,32,35)/b13-12+. The van der Waals surface area contributed by atoms with Crippen LogP contribution in [0.5, 0.6) is 17.2 Å². The van der Waals surface area contributed by atoms with Gasteiger partial charge in [-0.1, -0.05) is 12.1 Å². The highest BCUT2D eigenvalue weighted by atomic mass is 32.1. The average Bonchev–Trinajstić information content (AvgIpc) is 3.47. The van der Waals surface area contributed by atoms with Crippen LogP contribution >= 0.6 is 11.3 Å². The summed E-state index contributed by atoms with van der Waals surface area (Å²) in [6, 6.07) is 16.9. The lowest BCUT2D eigenvalue weighted by molar-refractivity contribution is -0.114. The molecule has 4 rings (SSSR count). The molecule has 0 radical (unpaired) electrons. The Bertz CT molecular complexity index is 1550. The molecule has 4 aromatic rings. The number of nitrogens with zero attached hydrogens (tertiary/aromatic N) is 1. The molecule has 0 bridgehead atoms. The summed E-state index contributed by atoms with van der Waals surface area (Å²) < 4.78 is 16.0. The number of para-hydroxylation sites is 2. The smallest absolute Gasteiger partial charge is 0.248 e. The van der Waals surface area contributed by atoms with E-state index in [0.29, 0.717) is 44.9 Å². The van der Waals surface area contributed by atoms with Gasteiger partial charge in [0.1, 0.15) is 10.7 Å².